The summed E-state index contributed by atoms with van der Waals surface area (Å²) in [5, 5.41) is 0.231. The van der Waals surface area contributed by atoms with E-state index in [9.17, 15) is 22.8 Å². The molecule has 0 fully saturated rings. The van der Waals surface area contributed by atoms with Gasteiger partial charge in [0.2, 0.25) is 5.91 Å². The zero-order chi connectivity index (χ0) is 17.9. The molecule has 0 saturated heterocycles. The predicted octanol–water partition coefficient (Wildman–Crippen LogP) is 3.91. The summed E-state index contributed by atoms with van der Waals surface area (Å²) in [6, 6.07) is 3.25. The number of alkyl halides is 3. The normalized spacial score (nSPS) is 17.0. The molecule has 1 aromatic carbocycles. The standard InChI is InChI=1S/C17H17F3N2O2/c1-9(23)21-22-12-5-4-10(17(18,19)20)6-11(12)15-13(22)7-16(2,3)8-14(15)24/h4-6H,7-8H2,1-3H3,(H,21,23)/i9+1. The lowest BCUT2D eigenvalue weighted by Gasteiger charge is -2.29. The van der Waals surface area contributed by atoms with E-state index < -0.39 is 11.7 Å². The smallest absolute Gasteiger partial charge is 0.294 e. The fourth-order valence-corrected chi connectivity index (χ4v) is 3.32. The lowest BCUT2D eigenvalue weighted by Crippen LogP contribution is -2.31. The number of nitrogens with one attached hydrogen (secondary N) is 1. The number of fused-ring (bicyclic) bond motifs is 3. The first-order valence-electron chi connectivity index (χ1n) is 7.55. The predicted molar refractivity (Wildman–Crippen MR) is 83.4 cm³/mol. The lowest BCUT2D eigenvalue weighted by atomic mass is 9.76. The first-order valence-corrected chi connectivity index (χ1v) is 7.55. The number of Topliss-reactive ketones (excluding diaryl/α,β-unsaturated/α-hetero) is 1. The van der Waals surface area contributed by atoms with E-state index >= 15 is 0 Å². The molecule has 1 aliphatic carbocycles. The molecule has 1 N–H and O–H groups in total. The number of aromatic nitrogens is 1. The van der Waals surface area contributed by atoms with Crippen LogP contribution in [0.3, 0.4) is 0 Å². The van der Waals surface area contributed by atoms with Crippen LogP contribution in [0.25, 0.3) is 10.9 Å². The summed E-state index contributed by atoms with van der Waals surface area (Å²) in [4.78, 5) is 24.1. The summed E-state index contributed by atoms with van der Waals surface area (Å²) in [5.74, 6) is -0.555. The minimum Gasteiger partial charge on any atom is -0.294 e. The minimum absolute atomic E-state index is 0.199. The Morgan fingerprint density at radius 1 is 1.25 bits per heavy atom. The van der Waals surface area contributed by atoms with Gasteiger partial charge < -0.3 is 0 Å². The van der Waals surface area contributed by atoms with Gasteiger partial charge in [-0.3, -0.25) is 19.7 Å². The summed E-state index contributed by atoms with van der Waals surface area (Å²) in [6.07, 6.45) is -3.74. The van der Waals surface area contributed by atoms with Crippen molar-refractivity contribution in [2.24, 2.45) is 5.41 Å². The van der Waals surface area contributed by atoms with Crippen molar-refractivity contribution in [2.45, 2.75) is 39.8 Å². The van der Waals surface area contributed by atoms with Crippen molar-refractivity contribution in [3.8, 4) is 0 Å². The molecule has 7 heteroatoms. The van der Waals surface area contributed by atoms with Crippen molar-refractivity contribution < 1.29 is 22.8 Å². The van der Waals surface area contributed by atoms with E-state index in [0.29, 0.717) is 17.6 Å². The fourth-order valence-electron chi connectivity index (χ4n) is 3.32. The zero-order valence-electron chi connectivity index (χ0n) is 13.5. The number of hydrogen-bond donors (Lipinski definition) is 1. The van der Waals surface area contributed by atoms with Crippen molar-refractivity contribution in [1.82, 2.24) is 4.68 Å². The van der Waals surface area contributed by atoms with Crippen LogP contribution < -0.4 is 5.43 Å². The number of halogens is 3. The molecule has 0 bridgehead atoms. The highest BCUT2D eigenvalue weighted by atomic mass is 19.4. The van der Waals surface area contributed by atoms with Crippen LogP contribution in [0.15, 0.2) is 18.2 Å². The Morgan fingerprint density at radius 3 is 2.50 bits per heavy atom. The highest BCUT2D eigenvalue weighted by molar-refractivity contribution is 6.11. The topological polar surface area (TPSA) is 51.1 Å². The Hall–Kier alpha value is -2.31. The molecule has 0 unspecified atom stereocenters. The van der Waals surface area contributed by atoms with E-state index in [1.54, 1.807) is 0 Å². The number of nitrogens with zero attached hydrogens (tertiary/aromatic N) is 1. The maximum Gasteiger partial charge on any atom is 0.416 e. The van der Waals surface area contributed by atoms with Gasteiger partial charge in [0.25, 0.3) is 0 Å². The van der Waals surface area contributed by atoms with Gasteiger partial charge in [0, 0.05) is 24.3 Å². The number of hydrogen-bond acceptors (Lipinski definition) is 2. The van der Waals surface area contributed by atoms with Gasteiger partial charge in [-0.15, -0.1) is 0 Å². The highest BCUT2D eigenvalue weighted by Gasteiger charge is 2.37. The number of carbonyl (C=O) groups excluding carboxylic acids is 2. The highest BCUT2D eigenvalue weighted by Crippen LogP contribution is 2.41. The summed E-state index contributed by atoms with van der Waals surface area (Å²) in [7, 11) is 0. The van der Waals surface area contributed by atoms with Gasteiger partial charge in [0.15, 0.2) is 5.78 Å². The molecule has 128 valence electrons. The second-order valence-electron chi connectivity index (χ2n) is 7.00. The third-order valence-electron chi connectivity index (χ3n) is 4.23. The van der Waals surface area contributed by atoms with E-state index in [4.69, 9.17) is 0 Å². The van der Waals surface area contributed by atoms with Gasteiger partial charge in [0.05, 0.1) is 16.8 Å². The Labute approximate surface area is 136 Å². The molecule has 1 heterocycles. The molecular formula is C17H17F3N2O2. The van der Waals surface area contributed by atoms with E-state index in [1.807, 2.05) is 13.8 Å². The maximum atomic E-state index is 13.0. The fraction of sp³-hybridized carbons (Fsp3) is 0.412. The van der Waals surface area contributed by atoms with Crippen LogP contribution in [0.5, 0.6) is 0 Å². The molecule has 0 atom stereocenters. The number of ketones is 1. The largest absolute Gasteiger partial charge is 0.416 e. The molecular weight excluding hydrogens is 322 g/mol. The van der Waals surface area contributed by atoms with Crippen molar-refractivity contribution in [3.63, 3.8) is 0 Å². The first-order chi connectivity index (χ1) is 11.0. The molecule has 2 aromatic rings. The Bertz CT molecular complexity index is 863. The summed E-state index contributed by atoms with van der Waals surface area (Å²) >= 11 is 0. The number of rotatable bonds is 1. The third kappa shape index (κ3) is 2.68. The number of amides is 1. The van der Waals surface area contributed by atoms with Gasteiger partial charge >= 0.3 is 6.18 Å². The summed E-state index contributed by atoms with van der Waals surface area (Å²) in [6.45, 7) is 5.16. The monoisotopic (exact) mass is 339 g/mol. The zero-order valence-corrected chi connectivity index (χ0v) is 13.5. The average molecular weight is 339 g/mol. The first kappa shape index (κ1) is 16.5. The molecule has 1 aliphatic rings. The molecule has 0 spiro atoms. The molecule has 4 nitrogen and oxygen atoms in total. The molecule has 1 aromatic heterocycles. The Kier molecular flexibility index (Phi) is 3.51. The second kappa shape index (κ2) is 5.09. The van der Waals surface area contributed by atoms with Gasteiger partial charge in [-0.05, 0) is 30.0 Å². The van der Waals surface area contributed by atoms with Crippen LogP contribution in [0.1, 0.15) is 48.8 Å². The molecule has 1 amide bonds. The quantitative estimate of drug-likeness (QED) is 0.801. The van der Waals surface area contributed by atoms with Crippen LogP contribution >= 0.6 is 0 Å². The Morgan fingerprint density at radius 2 is 1.92 bits per heavy atom. The lowest BCUT2D eigenvalue weighted by molar-refractivity contribution is -0.137. The van der Waals surface area contributed by atoms with E-state index in [2.05, 4.69) is 5.43 Å². The third-order valence-corrected chi connectivity index (χ3v) is 4.23. The van der Waals surface area contributed by atoms with Crippen LogP contribution in [-0.4, -0.2) is 16.4 Å². The number of benzene rings is 1. The van der Waals surface area contributed by atoms with Crippen LogP contribution in [0.4, 0.5) is 13.2 Å². The number of carbonyl (C=O) groups is 2. The van der Waals surface area contributed by atoms with Gasteiger partial charge in [-0.1, -0.05) is 13.8 Å². The maximum absolute atomic E-state index is 13.0. The average Bonchev–Trinajstić information content (AvgIpc) is 2.69. The summed E-state index contributed by atoms with van der Waals surface area (Å²) < 4.78 is 40.5. The molecule has 0 aliphatic heterocycles. The van der Waals surface area contributed by atoms with Gasteiger partial charge in [-0.25, -0.2) is 0 Å². The molecule has 0 saturated carbocycles. The minimum atomic E-state index is -4.49. The van der Waals surface area contributed by atoms with Crippen LogP contribution in [0, 0.1) is 5.41 Å². The van der Waals surface area contributed by atoms with Crippen molar-refractivity contribution in [1.29, 1.82) is 0 Å². The van der Waals surface area contributed by atoms with Crippen molar-refractivity contribution in [3.05, 3.63) is 35.0 Å². The van der Waals surface area contributed by atoms with Gasteiger partial charge in [-0.2, -0.15) is 13.2 Å². The van der Waals surface area contributed by atoms with E-state index in [-0.39, 0.29) is 34.5 Å². The second-order valence-corrected chi connectivity index (χ2v) is 7.00. The molecule has 0 radical (unpaired) electrons. The van der Waals surface area contributed by atoms with E-state index in [1.165, 1.54) is 17.7 Å². The summed E-state index contributed by atoms with van der Waals surface area (Å²) in [5.41, 5.74) is 2.72. The van der Waals surface area contributed by atoms with Crippen LogP contribution in [0.2, 0.25) is 0 Å². The van der Waals surface area contributed by atoms with Crippen LogP contribution in [-0.2, 0) is 17.4 Å². The Balaban J connectivity index is 2.33. The van der Waals surface area contributed by atoms with Crippen molar-refractivity contribution in [2.75, 3.05) is 5.43 Å². The van der Waals surface area contributed by atoms with E-state index in [0.717, 1.165) is 12.1 Å². The SMILES string of the molecule is C[13C](=O)Nn1c2c(c3cc(C(F)(F)F)ccc31)C(=O)CC(C)(C)C2. The van der Waals surface area contributed by atoms with Gasteiger partial charge in [0.1, 0.15) is 0 Å². The molecule has 3 rings (SSSR count). The van der Waals surface area contributed by atoms with Crippen molar-refractivity contribution >= 4 is 22.6 Å². The molecule has 24 heavy (non-hydrogen) atoms.